The molecule has 0 bridgehead atoms. The van der Waals surface area contributed by atoms with Crippen molar-refractivity contribution in [2.45, 2.75) is 84.0 Å². The van der Waals surface area contributed by atoms with E-state index in [-0.39, 0.29) is 6.10 Å². The van der Waals surface area contributed by atoms with Gasteiger partial charge in [0.1, 0.15) is 11.5 Å². The maximum Gasteiger partial charge on any atom is 0.335 e. The van der Waals surface area contributed by atoms with Crippen molar-refractivity contribution < 1.29 is 23.8 Å². The zero-order valence-electron chi connectivity index (χ0n) is 20.6. The van der Waals surface area contributed by atoms with E-state index in [0.717, 1.165) is 55.6 Å². The van der Waals surface area contributed by atoms with E-state index in [1.807, 2.05) is 13.8 Å². The highest BCUT2D eigenvalue weighted by molar-refractivity contribution is 5.76. The molecule has 1 aromatic heterocycles. The Morgan fingerprint density at radius 1 is 1.29 bits per heavy atom. The van der Waals surface area contributed by atoms with E-state index in [4.69, 9.17) is 18.9 Å². The van der Waals surface area contributed by atoms with Crippen LogP contribution in [0.4, 0.5) is 0 Å². The smallest absolute Gasteiger partial charge is 0.335 e. The first-order chi connectivity index (χ1) is 16.4. The van der Waals surface area contributed by atoms with Crippen molar-refractivity contribution in [2.75, 3.05) is 6.61 Å². The maximum atomic E-state index is 11.6. The van der Waals surface area contributed by atoms with E-state index >= 15 is 0 Å². The van der Waals surface area contributed by atoms with Crippen molar-refractivity contribution in [1.29, 1.82) is 0 Å². The van der Waals surface area contributed by atoms with E-state index in [0.29, 0.717) is 37.4 Å². The lowest BCUT2D eigenvalue weighted by Gasteiger charge is -2.32. The fourth-order valence-electron chi connectivity index (χ4n) is 5.09. The lowest BCUT2D eigenvalue weighted by Crippen LogP contribution is -2.40. The van der Waals surface area contributed by atoms with Crippen LogP contribution in [0.1, 0.15) is 76.1 Å². The van der Waals surface area contributed by atoms with Gasteiger partial charge in [0.2, 0.25) is 5.89 Å². The zero-order valence-corrected chi connectivity index (χ0v) is 20.6. The van der Waals surface area contributed by atoms with Gasteiger partial charge in [-0.05, 0) is 57.4 Å². The summed E-state index contributed by atoms with van der Waals surface area (Å²) in [4.78, 5) is 16.4. The van der Waals surface area contributed by atoms with Gasteiger partial charge in [-0.15, -0.1) is 0 Å². The summed E-state index contributed by atoms with van der Waals surface area (Å²) in [5.74, 6) is 1.31. The molecule has 0 aliphatic heterocycles. The van der Waals surface area contributed by atoms with Crippen LogP contribution in [0, 0.1) is 18.8 Å². The van der Waals surface area contributed by atoms with Crippen molar-refractivity contribution in [3.8, 4) is 0 Å². The number of rotatable bonds is 10. The summed E-state index contributed by atoms with van der Waals surface area (Å²) < 4.78 is 18.2. The van der Waals surface area contributed by atoms with Gasteiger partial charge < -0.3 is 19.0 Å². The second-order valence-electron chi connectivity index (χ2n) is 10.00. The van der Waals surface area contributed by atoms with Gasteiger partial charge in [-0.25, -0.2) is 9.78 Å². The Morgan fingerprint density at radius 3 is 2.94 bits per heavy atom. The molecule has 4 atom stereocenters. The van der Waals surface area contributed by atoms with Crippen LogP contribution in [0.2, 0.25) is 0 Å². The third-order valence-corrected chi connectivity index (χ3v) is 7.26. The second kappa shape index (κ2) is 10.9. The highest BCUT2D eigenvalue weighted by Gasteiger charge is 2.35. The number of aromatic nitrogens is 1. The molecule has 0 saturated heterocycles. The molecule has 6 heteroatoms. The minimum Gasteiger partial charge on any atom is -0.479 e. The Labute approximate surface area is 202 Å². The molecule has 0 aromatic carbocycles. The Balaban J connectivity index is 1.31. The van der Waals surface area contributed by atoms with E-state index in [1.54, 1.807) is 6.92 Å². The molecule has 1 aromatic rings. The monoisotopic (exact) mass is 467 g/mol. The number of fused-ring (bicyclic) bond motifs is 1. The predicted octanol–water partition coefficient (Wildman–Crippen LogP) is 6.17. The second-order valence-corrected chi connectivity index (χ2v) is 10.00. The van der Waals surface area contributed by atoms with Crippen LogP contribution in [-0.4, -0.2) is 34.4 Å². The molecular formula is C28H37NO5. The summed E-state index contributed by atoms with van der Waals surface area (Å²) in [7, 11) is 0. The summed E-state index contributed by atoms with van der Waals surface area (Å²) in [6, 6.07) is 0. The molecule has 1 N–H and O–H groups in total. The molecule has 184 valence electrons. The lowest BCUT2D eigenvalue weighted by molar-refractivity contribution is -0.167. The molecule has 6 nitrogen and oxygen atoms in total. The number of aliphatic carboxylic acids is 1. The van der Waals surface area contributed by atoms with Crippen LogP contribution in [0.3, 0.4) is 0 Å². The number of carboxylic acids is 1. The van der Waals surface area contributed by atoms with Crippen LogP contribution in [-0.2, 0) is 20.9 Å². The van der Waals surface area contributed by atoms with Gasteiger partial charge >= 0.3 is 5.97 Å². The predicted molar refractivity (Wildman–Crippen MR) is 131 cm³/mol. The van der Waals surface area contributed by atoms with Gasteiger partial charge in [0.05, 0.1) is 19.3 Å². The van der Waals surface area contributed by atoms with Gasteiger partial charge in [-0.2, -0.15) is 0 Å². The normalized spacial score (nSPS) is 25.9. The van der Waals surface area contributed by atoms with E-state index in [2.05, 4.69) is 36.5 Å². The number of aryl methyl sites for hydroxylation is 1. The number of hydrogen-bond acceptors (Lipinski definition) is 5. The quantitative estimate of drug-likeness (QED) is 0.443. The van der Waals surface area contributed by atoms with E-state index < -0.39 is 11.6 Å². The molecule has 1 fully saturated rings. The number of allylic oxidation sites excluding steroid dienone is 8. The molecule has 2 unspecified atom stereocenters. The highest BCUT2D eigenvalue weighted by atomic mass is 16.5. The van der Waals surface area contributed by atoms with Gasteiger partial charge in [0.15, 0.2) is 5.60 Å². The molecule has 0 spiro atoms. The Morgan fingerprint density at radius 2 is 2.15 bits per heavy atom. The third kappa shape index (κ3) is 5.78. The zero-order chi connectivity index (χ0) is 24.1. The van der Waals surface area contributed by atoms with Gasteiger partial charge in [-0.3, -0.25) is 0 Å². The molecule has 3 aliphatic rings. The first-order valence-electron chi connectivity index (χ1n) is 12.6. The minimum atomic E-state index is -1.11. The summed E-state index contributed by atoms with van der Waals surface area (Å²) in [6.45, 7) is 6.50. The fraction of sp³-hybridized carbons (Fsp3) is 0.571. The van der Waals surface area contributed by atoms with E-state index in [9.17, 15) is 9.90 Å². The van der Waals surface area contributed by atoms with Gasteiger partial charge in [0.25, 0.3) is 0 Å². The van der Waals surface area contributed by atoms with Crippen LogP contribution in [0.5, 0.6) is 0 Å². The van der Waals surface area contributed by atoms with Gasteiger partial charge in [-0.1, -0.05) is 56.2 Å². The minimum absolute atomic E-state index is 0.128. The molecule has 3 aliphatic carbocycles. The number of carboxylic acid groups (broad SMARTS) is 1. The Kier molecular flexibility index (Phi) is 7.89. The summed E-state index contributed by atoms with van der Waals surface area (Å²) in [6.07, 6.45) is 19.1. The average molecular weight is 468 g/mol. The van der Waals surface area contributed by atoms with Crippen molar-refractivity contribution in [3.63, 3.8) is 0 Å². The van der Waals surface area contributed by atoms with Crippen molar-refractivity contribution in [3.05, 3.63) is 59.4 Å². The van der Waals surface area contributed by atoms with Crippen molar-refractivity contribution >= 4 is 11.5 Å². The number of carbonyl (C=O) groups is 1. The molecule has 0 amide bonds. The molecule has 0 radical (unpaired) electrons. The SMILES string of the molecule is CCCC(C)(OC[C@@H]1CCC[C@H](OCc2nc(C3=CC=C4C=CC=CC4C3)oc2C)C1)C(=O)O. The van der Waals surface area contributed by atoms with Crippen molar-refractivity contribution in [1.82, 2.24) is 4.98 Å². The first-order valence-corrected chi connectivity index (χ1v) is 12.6. The summed E-state index contributed by atoms with van der Waals surface area (Å²) in [5.41, 5.74) is 2.19. The molecule has 1 heterocycles. The summed E-state index contributed by atoms with van der Waals surface area (Å²) in [5, 5.41) is 9.56. The van der Waals surface area contributed by atoms with Crippen molar-refractivity contribution in [2.24, 2.45) is 11.8 Å². The molecular weight excluding hydrogens is 430 g/mol. The molecule has 34 heavy (non-hydrogen) atoms. The first kappa shape index (κ1) is 24.7. The number of oxazole rings is 1. The topological polar surface area (TPSA) is 81.8 Å². The lowest BCUT2D eigenvalue weighted by atomic mass is 9.84. The Hall–Kier alpha value is -2.44. The number of ether oxygens (including phenoxy) is 2. The van der Waals surface area contributed by atoms with Crippen LogP contribution in [0.25, 0.3) is 5.57 Å². The van der Waals surface area contributed by atoms with Crippen LogP contribution >= 0.6 is 0 Å². The average Bonchev–Trinajstić information content (AvgIpc) is 3.22. The number of nitrogens with zero attached hydrogens (tertiary/aromatic N) is 1. The highest BCUT2D eigenvalue weighted by Crippen LogP contribution is 2.35. The number of hydrogen-bond donors (Lipinski definition) is 1. The third-order valence-electron chi connectivity index (χ3n) is 7.26. The van der Waals surface area contributed by atoms with E-state index in [1.165, 1.54) is 5.57 Å². The molecule has 1 saturated carbocycles. The largest absolute Gasteiger partial charge is 0.479 e. The standard InChI is InChI=1S/C28H37NO5/c1-4-14-28(3,27(30)31)33-17-20-8-7-11-24(15-20)32-18-25-19(2)34-26(29-25)23-13-12-21-9-5-6-10-22(21)16-23/h5-6,9-10,12-13,20,22,24H,4,7-8,11,14-18H2,1-3H3,(H,30,31)/t20-,22?,24+,28?/m1/s1. The van der Waals surface area contributed by atoms with Crippen LogP contribution < -0.4 is 0 Å². The fourth-order valence-corrected chi connectivity index (χ4v) is 5.09. The Bertz CT molecular complexity index is 1000. The maximum absolute atomic E-state index is 11.6. The van der Waals surface area contributed by atoms with Crippen LogP contribution in [0.15, 0.2) is 46.4 Å². The van der Waals surface area contributed by atoms with Gasteiger partial charge in [0, 0.05) is 11.5 Å². The summed E-state index contributed by atoms with van der Waals surface area (Å²) >= 11 is 0. The molecule has 4 rings (SSSR count).